The molecule has 0 saturated carbocycles. The molecular formula is C27H20BrN3O7S. The SMILES string of the molecule is C=CCOC(=O)c1sc(N2C(=O)c3oc4ccc(Br)cc4c(=O)c3C2c2ccc(OCC(N)=O)cc2)nc1C. The van der Waals surface area contributed by atoms with Crippen molar-refractivity contribution in [1.82, 2.24) is 4.98 Å². The van der Waals surface area contributed by atoms with E-state index in [1.54, 1.807) is 49.4 Å². The van der Waals surface area contributed by atoms with Crippen LogP contribution in [0.2, 0.25) is 0 Å². The third-order valence-corrected chi connectivity index (χ3v) is 7.55. The molecule has 1 atom stereocenters. The summed E-state index contributed by atoms with van der Waals surface area (Å²) >= 11 is 4.35. The molecule has 39 heavy (non-hydrogen) atoms. The molecule has 3 heterocycles. The molecule has 0 fully saturated rings. The van der Waals surface area contributed by atoms with Gasteiger partial charge in [-0.3, -0.25) is 19.3 Å². The third kappa shape index (κ3) is 4.84. The summed E-state index contributed by atoms with van der Waals surface area (Å²) in [5.41, 5.74) is 6.11. The normalized spacial score (nSPS) is 14.4. The largest absolute Gasteiger partial charge is 0.484 e. The average Bonchev–Trinajstić information content (AvgIpc) is 3.44. The number of amides is 2. The number of fused-ring (bicyclic) bond motifs is 2. The number of halogens is 1. The molecule has 0 aliphatic carbocycles. The van der Waals surface area contributed by atoms with Gasteiger partial charge in [-0.2, -0.15) is 0 Å². The van der Waals surface area contributed by atoms with E-state index in [9.17, 15) is 19.2 Å². The Kier molecular flexibility index (Phi) is 7.06. The van der Waals surface area contributed by atoms with Gasteiger partial charge in [0.15, 0.2) is 17.2 Å². The van der Waals surface area contributed by atoms with Crippen LogP contribution in [-0.4, -0.2) is 36.0 Å². The minimum atomic E-state index is -0.917. The molecule has 0 radical (unpaired) electrons. The Balaban J connectivity index is 1.66. The van der Waals surface area contributed by atoms with Crippen LogP contribution >= 0.6 is 27.3 Å². The number of anilines is 1. The molecule has 2 aromatic heterocycles. The maximum atomic E-state index is 13.8. The van der Waals surface area contributed by atoms with Crippen molar-refractivity contribution in [1.29, 1.82) is 0 Å². The zero-order valence-corrected chi connectivity index (χ0v) is 22.8. The van der Waals surface area contributed by atoms with Crippen LogP contribution in [0.5, 0.6) is 5.75 Å². The highest BCUT2D eigenvalue weighted by Gasteiger charge is 2.45. The zero-order valence-electron chi connectivity index (χ0n) is 20.4. The van der Waals surface area contributed by atoms with Crippen molar-refractivity contribution in [2.45, 2.75) is 13.0 Å². The average molecular weight is 610 g/mol. The molecule has 2 N–H and O–H groups in total. The molecule has 5 rings (SSSR count). The number of aromatic nitrogens is 1. The van der Waals surface area contributed by atoms with E-state index in [4.69, 9.17) is 19.6 Å². The second-order valence-corrected chi connectivity index (χ2v) is 10.4. The third-order valence-electron chi connectivity index (χ3n) is 5.92. The van der Waals surface area contributed by atoms with Crippen LogP contribution in [0.25, 0.3) is 11.0 Å². The first kappa shape index (κ1) is 26.3. The Bertz CT molecular complexity index is 1710. The number of hydrogen-bond donors (Lipinski definition) is 1. The van der Waals surface area contributed by atoms with Crippen molar-refractivity contribution in [3.05, 3.63) is 97.3 Å². The van der Waals surface area contributed by atoms with E-state index in [0.717, 1.165) is 11.3 Å². The number of rotatable bonds is 8. The maximum absolute atomic E-state index is 13.8. The summed E-state index contributed by atoms with van der Waals surface area (Å²) in [4.78, 5) is 57.3. The number of carbonyl (C=O) groups is 3. The molecule has 2 aromatic carbocycles. The maximum Gasteiger partial charge on any atom is 0.350 e. The van der Waals surface area contributed by atoms with Gasteiger partial charge in [-0.15, -0.1) is 0 Å². The Labute approximate surface area is 233 Å². The van der Waals surface area contributed by atoms with Gasteiger partial charge in [-0.1, -0.05) is 52.1 Å². The first-order chi connectivity index (χ1) is 18.7. The fraction of sp³-hybridized carbons (Fsp3) is 0.148. The van der Waals surface area contributed by atoms with Crippen LogP contribution < -0.4 is 20.8 Å². The number of ether oxygens (including phenoxy) is 2. The number of carbonyl (C=O) groups excluding carboxylic acids is 3. The molecule has 198 valence electrons. The Morgan fingerprint density at radius 2 is 1.97 bits per heavy atom. The number of primary amides is 1. The van der Waals surface area contributed by atoms with Crippen molar-refractivity contribution in [3.8, 4) is 5.75 Å². The van der Waals surface area contributed by atoms with Gasteiger partial charge in [0.25, 0.3) is 11.8 Å². The highest BCUT2D eigenvalue weighted by Crippen LogP contribution is 2.43. The first-order valence-corrected chi connectivity index (χ1v) is 13.2. The summed E-state index contributed by atoms with van der Waals surface area (Å²) < 4.78 is 17.2. The Hall–Kier alpha value is -4.29. The summed E-state index contributed by atoms with van der Waals surface area (Å²) in [6.07, 6.45) is 1.45. The lowest BCUT2D eigenvalue weighted by molar-refractivity contribution is -0.119. The van der Waals surface area contributed by atoms with Crippen LogP contribution in [0.4, 0.5) is 5.13 Å². The molecule has 10 nitrogen and oxygen atoms in total. The van der Waals surface area contributed by atoms with Gasteiger partial charge in [-0.25, -0.2) is 9.78 Å². The van der Waals surface area contributed by atoms with E-state index in [2.05, 4.69) is 27.5 Å². The van der Waals surface area contributed by atoms with Gasteiger partial charge < -0.3 is 19.6 Å². The fourth-order valence-corrected chi connectivity index (χ4v) is 5.58. The standard InChI is InChI=1S/C27H20BrN3O7S/c1-3-10-36-26(35)24-13(2)30-27(39-24)31-21(14-4-7-16(8-5-14)37-12-19(29)32)20-22(33)17-11-15(28)6-9-18(17)38-23(20)25(31)34/h3-9,11,21H,1,10,12H2,2H3,(H2,29,32). The molecule has 4 aromatic rings. The number of hydrogen-bond acceptors (Lipinski definition) is 9. The predicted octanol–water partition coefficient (Wildman–Crippen LogP) is 4.28. The van der Waals surface area contributed by atoms with Gasteiger partial charge in [0.05, 0.1) is 22.7 Å². The van der Waals surface area contributed by atoms with Crippen molar-refractivity contribution in [3.63, 3.8) is 0 Å². The van der Waals surface area contributed by atoms with Crippen molar-refractivity contribution >= 4 is 61.2 Å². The Morgan fingerprint density at radius 3 is 2.67 bits per heavy atom. The molecule has 1 unspecified atom stereocenters. The number of nitrogens with zero attached hydrogens (tertiary/aromatic N) is 2. The van der Waals surface area contributed by atoms with Gasteiger partial charge in [0.1, 0.15) is 22.8 Å². The van der Waals surface area contributed by atoms with E-state index >= 15 is 0 Å². The predicted molar refractivity (Wildman–Crippen MR) is 147 cm³/mol. The summed E-state index contributed by atoms with van der Waals surface area (Å²) in [5, 5.41) is 0.492. The fourth-order valence-electron chi connectivity index (χ4n) is 4.23. The lowest BCUT2D eigenvalue weighted by Gasteiger charge is -2.22. The minimum absolute atomic E-state index is 0.0208. The lowest BCUT2D eigenvalue weighted by Crippen LogP contribution is -2.29. The molecule has 0 saturated heterocycles. The highest BCUT2D eigenvalue weighted by molar-refractivity contribution is 9.10. The van der Waals surface area contributed by atoms with Crippen LogP contribution in [0.3, 0.4) is 0 Å². The van der Waals surface area contributed by atoms with E-state index in [-0.39, 0.29) is 45.6 Å². The number of benzene rings is 2. The van der Waals surface area contributed by atoms with Crippen molar-refractivity contribution in [2.75, 3.05) is 18.1 Å². The van der Waals surface area contributed by atoms with Crippen LogP contribution in [0.15, 0.2) is 68.8 Å². The number of thiazole rings is 1. The van der Waals surface area contributed by atoms with Gasteiger partial charge in [0.2, 0.25) is 5.76 Å². The molecular weight excluding hydrogens is 590 g/mol. The second kappa shape index (κ2) is 10.5. The van der Waals surface area contributed by atoms with E-state index in [0.29, 0.717) is 26.9 Å². The quantitative estimate of drug-likeness (QED) is 0.230. The second-order valence-electron chi connectivity index (χ2n) is 8.51. The molecule has 1 aliphatic heterocycles. The van der Waals surface area contributed by atoms with Gasteiger partial charge >= 0.3 is 5.97 Å². The summed E-state index contributed by atoms with van der Waals surface area (Å²) in [7, 11) is 0. The van der Waals surface area contributed by atoms with Crippen LogP contribution in [-0.2, 0) is 9.53 Å². The molecule has 2 amide bonds. The molecule has 0 bridgehead atoms. The van der Waals surface area contributed by atoms with Crippen LogP contribution in [0, 0.1) is 6.92 Å². The van der Waals surface area contributed by atoms with Gasteiger partial charge in [0, 0.05) is 4.47 Å². The van der Waals surface area contributed by atoms with Crippen molar-refractivity contribution in [2.24, 2.45) is 5.73 Å². The topological polar surface area (TPSA) is 142 Å². The molecule has 1 aliphatic rings. The van der Waals surface area contributed by atoms with E-state index < -0.39 is 23.8 Å². The van der Waals surface area contributed by atoms with Crippen LogP contribution in [0.1, 0.15) is 43.1 Å². The molecule has 12 heteroatoms. The zero-order chi connectivity index (χ0) is 27.8. The first-order valence-electron chi connectivity index (χ1n) is 11.6. The van der Waals surface area contributed by atoms with Gasteiger partial charge in [-0.05, 0) is 42.8 Å². The summed E-state index contributed by atoms with van der Waals surface area (Å²) in [5.74, 6) is -1.54. The number of esters is 1. The van der Waals surface area contributed by atoms with Crippen molar-refractivity contribution < 1.29 is 28.3 Å². The van der Waals surface area contributed by atoms with E-state index in [1.165, 1.54) is 11.0 Å². The minimum Gasteiger partial charge on any atom is -0.484 e. The molecule has 0 spiro atoms. The number of nitrogens with two attached hydrogens (primary N) is 1. The highest BCUT2D eigenvalue weighted by atomic mass is 79.9. The monoisotopic (exact) mass is 609 g/mol. The summed E-state index contributed by atoms with van der Waals surface area (Å²) in [6, 6.07) is 10.6. The smallest absolute Gasteiger partial charge is 0.350 e. The number of aryl methyl sites for hydroxylation is 1. The Morgan fingerprint density at radius 1 is 1.23 bits per heavy atom. The summed E-state index contributed by atoms with van der Waals surface area (Å²) in [6.45, 7) is 4.89. The van der Waals surface area contributed by atoms with E-state index in [1.807, 2.05) is 0 Å². The lowest BCUT2D eigenvalue weighted by atomic mass is 9.98.